The predicted octanol–water partition coefficient (Wildman–Crippen LogP) is 4.43. The summed E-state index contributed by atoms with van der Waals surface area (Å²) in [5.41, 5.74) is -4.35. The van der Waals surface area contributed by atoms with Gasteiger partial charge < -0.3 is 5.11 Å². The monoisotopic (exact) mass is 361 g/mol. The minimum atomic E-state index is -5.86. The summed E-state index contributed by atoms with van der Waals surface area (Å²) in [7, 11) is 0. The van der Waals surface area contributed by atoms with Crippen molar-refractivity contribution in [2.24, 2.45) is 4.99 Å². The Hall–Kier alpha value is -2.09. The van der Waals surface area contributed by atoms with E-state index in [1.54, 1.807) is 24.3 Å². The molecule has 0 saturated carbocycles. The van der Waals surface area contributed by atoms with Crippen molar-refractivity contribution in [3.8, 4) is 0 Å². The second-order valence-corrected chi connectivity index (χ2v) is 5.92. The number of rotatable bonds is 2. The van der Waals surface area contributed by atoms with Crippen LogP contribution in [-0.2, 0) is 6.42 Å². The van der Waals surface area contributed by atoms with Gasteiger partial charge in [-0.2, -0.15) is 26.3 Å². The normalized spacial score (nSPS) is 15.9. The van der Waals surface area contributed by atoms with Crippen molar-refractivity contribution in [3.63, 3.8) is 0 Å². The van der Waals surface area contributed by atoms with Gasteiger partial charge in [-0.25, -0.2) is 0 Å². The first kappa shape index (κ1) is 17.7. The number of aliphatic hydroxyl groups is 1. The molecule has 0 radical (unpaired) electrons. The Kier molecular flexibility index (Phi) is 4.06. The molecule has 25 heavy (non-hydrogen) atoms. The van der Waals surface area contributed by atoms with Gasteiger partial charge in [0.25, 0.3) is 5.60 Å². The lowest BCUT2D eigenvalue weighted by molar-refractivity contribution is -0.365. The van der Waals surface area contributed by atoms with Crippen LogP contribution in [0.25, 0.3) is 10.8 Å². The van der Waals surface area contributed by atoms with Crippen molar-refractivity contribution < 1.29 is 31.4 Å². The molecule has 0 aromatic heterocycles. The second-order valence-electron chi connectivity index (χ2n) is 5.92. The quantitative estimate of drug-likeness (QED) is 0.789. The number of alkyl halides is 6. The zero-order chi connectivity index (χ0) is 18.5. The van der Waals surface area contributed by atoms with E-state index in [1.807, 2.05) is 6.07 Å². The fraction of sp³-hybridized carbons (Fsp3) is 0.353. The van der Waals surface area contributed by atoms with Gasteiger partial charge in [-0.15, -0.1) is 0 Å². The van der Waals surface area contributed by atoms with Crippen molar-refractivity contribution in [1.29, 1.82) is 0 Å². The zero-order valence-corrected chi connectivity index (χ0v) is 12.7. The van der Waals surface area contributed by atoms with E-state index in [2.05, 4.69) is 4.99 Å². The molecule has 2 aromatic rings. The third kappa shape index (κ3) is 2.88. The van der Waals surface area contributed by atoms with Gasteiger partial charge in [0.1, 0.15) is 0 Å². The average Bonchev–Trinajstić information content (AvgIpc) is 2.52. The van der Waals surface area contributed by atoms with Crippen LogP contribution in [0.15, 0.2) is 41.4 Å². The molecule has 2 nitrogen and oxygen atoms in total. The van der Waals surface area contributed by atoms with Crippen molar-refractivity contribution in [3.05, 3.63) is 47.5 Å². The molecule has 0 unspecified atom stereocenters. The van der Waals surface area contributed by atoms with E-state index in [9.17, 15) is 31.4 Å². The molecular formula is C17H13F6NO. The molecule has 1 aliphatic heterocycles. The van der Waals surface area contributed by atoms with E-state index >= 15 is 0 Å². The molecule has 8 heteroatoms. The van der Waals surface area contributed by atoms with Crippen LogP contribution in [0.5, 0.6) is 0 Å². The Morgan fingerprint density at radius 1 is 0.920 bits per heavy atom. The lowest BCUT2D eigenvalue weighted by Crippen LogP contribution is -2.58. The van der Waals surface area contributed by atoms with Gasteiger partial charge in [-0.1, -0.05) is 36.4 Å². The lowest BCUT2D eigenvalue weighted by Gasteiger charge is -2.33. The van der Waals surface area contributed by atoms with Gasteiger partial charge in [0, 0.05) is 18.7 Å². The van der Waals surface area contributed by atoms with Gasteiger partial charge in [0.15, 0.2) is 0 Å². The van der Waals surface area contributed by atoms with E-state index in [-0.39, 0.29) is 17.8 Å². The maximum Gasteiger partial charge on any atom is 0.426 e. The average molecular weight is 361 g/mol. The molecule has 1 aliphatic rings. The topological polar surface area (TPSA) is 32.6 Å². The molecule has 0 atom stereocenters. The van der Waals surface area contributed by atoms with E-state index in [0.717, 1.165) is 10.8 Å². The molecule has 3 rings (SSSR count). The maximum atomic E-state index is 13.0. The predicted molar refractivity (Wildman–Crippen MR) is 80.7 cm³/mol. The third-order valence-electron chi connectivity index (χ3n) is 4.38. The summed E-state index contributed by atoms with van der Waals surface area (Å²) < 4.78 is 77.8. The summed E-state index contributed by atoms with van der Waals surface area (Å²) in [4.78, 5) is 3.85. The van der Waals surface area contributed by atoms with E-state index in [0.29, 0.717) is 12.0 Å². The number of aliphatic imine (C=N–C) groups is 1. The molecule has 0 saturated heterocycles. The fourth-order valence-corrected chi connectivity index (χ4v) is 3.02. The Morgan fingerprint density at radius 3 is 2.20 bits per heavy atom. The molecule has 0 fully saturated rings. The van der Waals surface area contributed by atoms with Crippen LogP contribution >= 0.6 is 0 Å². The van der Waals surface area contributed by atoms with Gasteiger partial charge in [0.05, 0.1) is 0 Å². The SMILES string of the molecule is OC(CC1=NCCc2c1ccc1ccccc21)(C(F)(F)F)C(F)(F)F. The minimum absolute atomic E-state index is 0.0716. The molecule has 0 amide bonds. The maximum absolute atomic E-state index is 13.0. The number of hydrogen-bond acceptors (Lipinski definition) is 2. The van der Waals surface area contributed by atoms with E-state index in [1.165, 1.54) is 6.07 Å². The molecule has 1 heterocycles. The highest BCUT2D eigenvalue weighted by Gasteiger charge is 2.70. The zero-order valence-electron chi connectivity index (χ0n) is 12.7. The second kappa shape index (κ2) is 5.72. The third-order valence-corrected chi connectivity index (χ3v) is 4.38. The molecule has 1 N–H and O–H groups in total. The fourth-order valence-electron chi connectivity index (χ4n) is 3.02. The van der Waals surface area contributed by atoms with Crippen LogP contribution in [0.2, 0.25) is 0 Å². The Labute approximate surface area is 138 Å². The number of fused-ring (bicyclic) bond motifs is 3. The van der Waals surface area contributed by atoms with Crippen molar-refractivity contribution in [2.75, 3.05) is 6.54 Å². The van der Waals surface area contributed by atoms with Gasteiger partial charge >= 0.3 is 12.4 Å². The van der Waals surface area contributed by atoms with Gasteiger partial charge in [-0.05, 0) is 28.3 Å². The molecule has 134 valence electrons. The Bertz CT molecular complexity index is 823. The molecule has 0 spiro atoms. The van der Waals surface area contributed by atoms with Crippen LogP contribution in [0.3, 0.4) is 0 Å². The highest BCUT2D eigenvalue weighted by atomic mass is 19.4. The number of benzene rings is 2. The smallest absolute Gasteiger partial charge is 0.373 e. The van der Waals surface area contributed by atoms with Gasteiger partial charge in [-0.3, -0.25) is 4.99 Å². The van der Waals surface area contributed by atoms with Crippen LogP contribution in [0.4, 0.5) is 26.3 Å². The first-order chi connectivity index (χ1) is 11.5. The summed E-state index contributed by atoms with van der Waals surface area (Å²) in [5.74, 6) is 0. The first-order valence-corrected chi connectivity index (χ1v) is 7.45. The highest BCUT2D eigenvalue weighted by molar-refractivity contribution is 6.07. The summed E-state index contributed by atoms with van der Waals surface area (Å²) in [5, 5.41) is 11.0. The molecule has 0 bridgehead atoms. The first-order valence-electron chi connectivity index (χ1n) is 7.45. The van der Waals surface area contributed by atoms with Crippen LogP contribution < -0.4 is 0 Å². The van der Waals surface area contributed by atoms with Crippen LogP contribution in [0.1, 0.15) is 17.5 Å². The number of halogens is 6. The highest BCUT2D eigenvalue weighted by Crippen LogP contribution is 2.46. The van der Waals surface area contributed by atoms with Crippen molar-refractivity contribution in [1.82, 2.24) is 0 Å². The van der Waals surface area contributed by atoms with E-state index < -0.39 is 24.4 Å². The summed E-state index contributed by atoms with van der Waals surface area (Å²) in [6.07, 6.45) is -13.0. The summed E-state index contributed by atoms with van der Waals surface area (Å²) >= 11 is 0. The standard InChI is InChI=1S/C17H13F6NO/c18-16(19,20)15(25,17(21,22)23)9-14-13-6-5-10-3-1-2-4-11(10)12(13)7-8-24-14/h1-6,25H,7-9H2. The van der Waals surface area contributed by atoms with Crippen molar-refractivity contribution in [2.45, 2.75) is 30.8 Å². The van der Waals surface area contributed by atoms with Crippen molar-refractivity contribution >= 4 is 16.5 Å². The molecule has 0 aliphatic carbocycles. The molecular weight excluding hydrogens is 348 g/mol. The number of hydrogen-bond donors (Lipinski definition) is 1. The minimum Gasteiger partial charge on any atom is -0.373 e. The lowest BCUT2D eigenvalue weighted by atomic mass is 9.86. The number of nitrogens with zero attached hydrogens (tertiary/aromatic N) is 1. The summed E-state index contributed by atoms with van der Waals surface area (Å²) in [6, 6.07) is 10.2. The van der Waals surface area contributed by atoms with Gasteiger partial charge in [0.2, 0.25) is 0 Å². The van der Waals surface area contributed by atoms with E-state index in [4.69, 9.17) is 0 Å². The Morgan fingerprint density at radius 2 is 1.56 bits per heavy atom. The Balaban J connectivity index is 2.09. The van der Waals surface area contributed by atoms with Crippen LogP contribution in [-0.4, -0.2) is 35.3 Å². The largest absolute Gasteiger partial charge is 0.426 e. The van der Waals surface area contributed by atoms with Crippen LogP contribution in [0, 0.1) is 0 Å². The molecule has 2 aromatic carbocycles. The summed E-state index contributed by atoms with van der Waals surface area (Å²) in [6.45, 7) is 0.0716.